The molecule has 0 spiro atoms. The molecule has 0 amide bonds. The molecule has 0 saturated heterocycles. The van der Waals surface area contributed by atoms with E-state index in [1.165, 1.54) is 20.9 Å². The summed E-state index contributed by atoms with van der Waals surface area (Å²) in [5, 5.41) is 2.80. The molecule has 1 aliphatic rings. The zero-order valence-corrected chi connectivity index (χ0v) is 19.7. The van der Waals surface area contributed by atoms with Crippen molar-refractivity contribution >= 4 is 40.1 Å². The third-order valence-corrected chi connectivity index (χ3v) is 7.77. The molecule has 0 aliphatic heterocycles. The maximum absolute atomic E-state index is 12.5. The van der Waals surface area contributed by atoms with Gasteiger partial charge in [0.05, 0.1) is 27.7 Å². The van der Waals surface area contributed by atoms with Crippen molar-refractivity contribution in [1.29, 1.82) is 0 Å². The van der Waals surface area contributed by atoms with E-state index in [-0.39, 0.29) is 11.2 Å². The summed E-state index contributed by atoms with van der Waals surface area (Å²) in [7, 11) is 0. The van der Waals surface area contributed by atoms with Gasteiger partial charge >= 0.3 is 0 Å². The smallest absolute Gasteiger partial charge is 0.144 e. The number of aryl methyl sites for hydroxylation is 3. The highest BCUT2D eigenvalue weighted by atomic mass is 35.5. The number of hydrogen-bond donors (Lipinski definition) is 0. The van der Waals surface area contributed by atoms with E-state index in [2.05, 4.69) is 13.0 Å². The molecule has 2 heterocycles. The van der Waals surface area contributed by atoms with Gasteiger partial charge in [0.25, 0.3) is 0 Å². The van der Waals surface area contributed by atoms with E-state index in [1.54, 1.807) is 22.7 Å². The van der Waals surface area contributed by atoms with Crippen LogP contribution in [0.3, 0.4) is 0 Å². The molecular formula is C23H25ClN2OS2. The number of fused-ring (bicyclic) bond motifs is 3. The number of rotatable bonds is 4. The predicted molar refractivity (Wildman–Crippen MR) is 122 cm³/mol. The fraction of sp³-hybridized carbons (Fsp3) is 0.435. The van der Waals surface area contributed by atoms with Crippen LogP contribution in [0.5, 0.6) is 0 Å². The van der Waals surface area contributed by atoms with Crippen LogP contribution < -0.4 is 0 Å². The fourth-order valence-electron chi connectivity index (χ4n) is 3.47. The molecule has 152 valence electrons. The van der Waals surface area contributed by atoms with E-state index in [4.69, 9.17) is 21.6 Å². The van der Waals surface area contributed by atoms with E-state index in [0.717, 1.165) is 52.1 Å². The maximum atomic E-state index is 12.5. The number of aromatic nitrogens is 2. The van der Waals surface area contributed by atoms with E-state index in [0.29, 0.717) is 6.42 Å². The first kappa shape index (κ1) is 20.7. The Labute approximate surface area is 185 Å². The van der Waals surface area contributed by atoms with E-state index in [9.17, 15) is 4.79 Å². The zero-order chi connectivity index (χ0) is 20.8. The first-order chi connectivity index (χ1) is 13.7. The Bertz CT molecular complexity index is 1080. The number of ketones is 1. The van der Waals surface area contributed by atoms with Gasteiger partial charge in [0.2, 0.25) is 0 Å². The second kappa shape index (κ2) is 7.93. The van der Waals surface area contributed by atoms with Crippen LogP contribution in [0.15, 0.2) is 18.2 Å². The van der Waals surface area contributed by atoms with Gasteiger partial charge in [-0.1, -0.05) is 38.4 Å². The zero-order valence-electron chi connectivity index (χ0n) is 17.3. The van der Waals surface area contributed by atoms with Crippen LogP contribution in [0.2, 0.25) is 5.02 Å². The van der Waals surface area contributed by atoms with E-state index in [1.807, 2.05) is 32.9 Å². The normalized spacial score (nSPS) is 13.7. The highest BCUT2D eigenvalue weighted by Gasteiger charge is 2.26. The fourth-order valence-corrected chi connectivity index (χ4v) is 5.99. The second-order valence-corrected chi connectivity index (χ2v) is 11.4. The molecule has 29 heavy (non-hydrogen) atoms. The van der Waals surface area contributed by atoms with E-state index < -0.39 is 0 Å². The highest BCUT2D eigenvalue weighted by Crippen LogP contribution is 2.40. The van der Waals surface area contributed by atoms with Gasteiger partial charge in [-0.15, -0.1) is 22.7 Å². The molecular weight excluding hydrogens is 420 g/mol. The van der Waals surface area contributed by atoms with Crippen molar-refractivity contribution in [3.8, 4) is 10.6 Å². The number of hydrogen-bond acceptors (Lipinski definition) is 5. The number of nitrogens with zero attached hydrogens (tertiary/aromatic N) is 2. The molecule has 0 atom stereocenters. The van der Waals surface area contributed by atoms with Gasteiger partial charge in [-0.25, -0.2) is 9.97 Å². The van der Waals surface area contributed by atoms with Crippen molar-refractivity contribution in [2.24, 2.45) is 5.41 Å². The molecule has 1 aliphatic carbocycles. The molecule has 0 fully saturated rings. The summed E-state index contributed by atoms with van der Waals surface area (Å²) in [5.74, 6) is 0.239. The van der Waals surface area contributed by atoms with Crippen molar-refractivity contribution < 1.29 is 4.79 Å². The third kappa shape index (κ3) is 4.47. The quantitative estimate of drug-likeness (QED) is 0.463. The molecule has 0 radical (unpaired) electrons. The summed E-state index contributed by atoms with van der Waals surface area (Å²) in [6, 6.07) is 6.03. The van der Waals surface area contributed by atoms with Gasteiger partial charge in [-0.05, 0) is 49.4 Å². The van der Waals surface area contributed by atoms with Gasteiger partial charge in [0, 0.05) is 21.7 Å². The minimum absolute atomic E-state index is 0.239. The van der Waals surface area contributed by atoms with Crippen molar-refractivity contribution in [2.45, 2.75) is 59.8 Å². The predicted octanol–water partition coefficient (Wildman–Crippen LogP) is 6.47. The number of benzene rings is 1. The largest absolute Gasteiger partial charge is 0.299 e. The molecule has 2 aromatic heterocycles. The summed E-state index contributed by atoms with van der Waals surface area (Å²) in [6.07, 6.45) is 4.29. The lowest BCUT2D eigenvalue weighted by Crippen LogP contribution is -2.21. The Balaban J connectivity index is 1.65. The monoisotopic (exact) mass is 444 g/mol. The number of halogens is 1. The van der Waals surface area contributed by atoms with Gasteiger partial charge in [0.15, 0.2) is 0 Å². The van der Waals surface area contributed by atoms with Crippen LogP contribution >= 0.6 is 34.3 Å². The Hall–Kier alpha value is -1.56. The molecule has 1 aromatic carbocycles. The number of Topliss-reactive ketones (excluding diaryl/α,β-unsaturated/α-hetero) is 1. The van der Waals surface area contributed by atoms with E-state index >= 15 is 0 Å². The summed E-state index contributed by atoms with van der Waals surface area (Å²) < 4.78 is 0. The van der Waals surface area contributed by atoms with Crippen molar-refractivity contribution in [1.82, 2.24) is 9.97 Å². The van der Waals surface area contributed by atoms with Gasteiger partial charge in [0.1, 0.15) is 10.8 Å². The van der Waals surface area contributed by atoms with Gasteiger partial charge in [-0.3, -0.25) is 4.79 Å². The Morgan fingerprint density at radius 1 is 1.14 bits per heavy atom. The Kier molecular flexibility index (Phi) is 5.66. The molecule has 0 N–H and O–H groups in total. The minimum atomic E-state index is -0.333. The van der Waals surface area contributed by atoms with Crippen molar-refractivity contribution in [3.63, 3.8) is 0 Å². The second-order valence-electron chi connectivity index (χ2n) is 8.71. The summed E-state index contributed by atoms with van der Waals surface area (Å²) in [5.41, 5.74) is 4.34. The standard InChI is InChI=1S/C23H25ClN2OS2/c1-13-8-9-15(24)10-14(13)11-19-25-16-6-5-7-17-21(22(16)29-19)26-20(28-17)12-18(27)23(2,3)4/h8-10H,5-7,11-12H2,1-4H3. The van der Waals surface area contributed by atoms with Crippen LogP contribution in [0.1, 0.15) is 58.9 Å². The Morgan fingerprint density at radius 2 is 1.93 bits per heavy atom. The lowest BCUT2D eigenvalue weighted by atomic mass is 9.89. The minimum Gasteiger partial charge on any atom is -0.299 e. The summed E-state index contributed by atoms with van der Waals surface area (Å²) in [6.45, 7) is 8.03. The molecule has 6 heteroatoms. The van der Waals surface area contributed by atoms with Crippen molar-refractivity contribution in [2.75, 3.05) is 0 Å². The number of thiazole rings is 2. The van der Waals surface area contributed by atoms with Gasteiger partial charge < -0.3 is 0 Å². The van der Waals surface area contributed by atoms with Crippen LogP contribution in [0.25, 0.3) is 10.6 Å². The first-order valence-corrected chi connectivity index (χ1v) is 12.0. The van der Waals surface area contributed by atoms with Crippen LogP contribution in [-0.2, 0) is 30.5 Å². The number of carbonyl (C=O) groups is 1. The summed E-state index contributed by atoms with van der Waals surface area (Å²) >= 11 is 9.64. The van der Waals surface area contributed by atoms with Crippen LogP contribution in [-0.4, -0.2) is 15.8 Å². The Morgan fingerprint density at radius 3 is 2.69 bits per heavy atom. The number of carbonyl (C=O) groups excluding carboxylic acids is 1. The molecule has 0 saturated carbocycles. The average molecular weight is 445 g/mol. The lowest BCUT2D eigenvalue weighted by Gasteiger charge is -2.15. The summed E-state index contributed by atoms with van der Waals surface area (Å²) in [4.78, 5) is 24.8. The van der Waals surface area contributed by atoms with Crippen LogP contribution in [0.4, 0.5) is 0 Å². The van der Waals surface area contributed by atoms with Gasteiger partial charge in [-0.2, -0.15) is 0 Å². The molecule has 4 rings (SSSR count). The first-order valence-electron chi connectivity index (χ1n) is 9.96. The topological polar surface area (TPSA) is 42.9 Å². The SMILES string of the molecule is Cc1ccc(Cl)cc1Cc1nc2c(s1)-c1nc(CC(=O)C(C)(C)C)sc1CCC2. The average Bonchev–Trinajstić information content (AvgIpc) is 3.18. The maximum Gasteiger partial charge on any atom is 0.144 e. The molecule has 0 unspecified atom stereocenters. The third-order valence-electron chi connectivity index (χ3n) is 5.32. The molecule has 3 nitrogen and oxygen atoms in total. The highest BCUT2D eigenvalue weighted by molar-refractivity contribution is 7.16. The molecule has 0 bridgehead atoms. The van der Waals surface area contributed by atoms with Crippen LogP contribution in [0, 0.1) is 12.3 Å². The lowest BCUT2D eigenvalue weighted by molar-refractivity contribution is -0.125. The van der Waals surface area contributed by atoms with Crippen molar-refractivity contribution in [3.05, 3.63) is 54.9 Å². The molecule has 3 aromatic rings.